The number of ether oxygens (including phenoxy) is 2. The highest BCUT2D eigenvalue weighted by molar-refractivity contribution is 5.95. The summed E-state index contributed by atoms with van der Waals surface area (Å²) in [6.07, 6.45) is -1.01. The van der Waals surface area contributed by atoms with Crippen molar-refractivity contribution in [3.05, 3.63) is 78.9 Å². The van der Waals surface area contributed by atoms with Crippen LogP contribution in [-0.4, -0.2) is 30.5 Å². The molecule has 8 nitrogen and oxygen atoms in total. The molecule has 33 heavy (non-hydrogen) atoms. The molecule has 3 aromatic rings. The van der Waals surface area contributed by atoms with Crippen molar-refractivity contribution in [2.45, 2.75) is 20.0 Å². The van der Waals surface area contributed by atoms with Crippen molar-refractivity contribution in [1.82, 2.24) is 0 Å². The van der Waals surface area contributed by atoms with Crippen LogP contribution in [0, 0.1) is 0 Å². The van der Waals surface area contributed by atoms with E-state index < -0.39 is 18.0 Å². The maximum Gasteiger partial charge on any atom is 0.344 e. The minimum Gasteiger partial charge on any atom is -0.482 e. The standard InChI is InChI=1S/C25H25N3O5/c1-17(25(31)28-22-10-8-20(9-11-22)26-18(2)29)33-24(30)16-32-23-14-12-21(13-15-23)27-19-6-4-3-5-7-19/h3-15,17,27H,16H2,1-2H3,(H,26,29)(H,28,31)/t17-/m1/s1. The van der Waals surface area contributed by atoms with Crippen LogP contribution in [0.4, 0.5) is 22.7 Å². The van der Waals surface area contributed by atoms with Gasteiger partial charge in [0, 0.05) is 29.7 Å². The third kappa shape index (κ3) is 7.70. The number of benzene rings is 3. The summed E-state index contributed by atoms with van der Waals surface area (Å²) in [6, 6.07) is 23.5. The molecule has 8 heteroatoms. The molecule has 0 fully saturated rings. The molecule has 0 unspecified atom stereocenters. The Morgan fingerprint density at radius 3 is 1.91 bits per heavy atom. The molecular weight excluding hydrogens is 422 g/mol. The van der Waals surface area contributed by atoms with Crippen LogP contribution >= 0.6 is 0 Å². The summed E-state index contributed by atoms with van der Waals surface area (Å²) in [6.45, 7) is 2.56. The molecule has 3 N–H and O–H groups in total. The van der Waals surface area contributed by atoms with Gasteiger partial charge in [-0.25, -0.2) is 4.79 Å². The second-order valence-corrected chi connectivity index (χ2v) is 7.18. The predicted octanol–water partition coefficient (Wildman–Crippen LogP) is 4.34. The number of hydrogen-bond donors (Lipinski definition) is 3. The van der Waals surface area contributed by atoms with E-state index in [0.717, 1.165) is 11.4 Å². The maximum absolute atomic E-state index is 12.3. The number of rotatable bonds is 9. The molecular formula is C25H25N3O5. The van der Waals surface area contributed by atoms with Crippen LogP contribution in [0.25, 0.3) is 0 Å². The van der Waals surface area contributed by atoms with Crippen LogP contribution in [0.15, 0.2) is 78.9 Å². The SMILES string of the molecule is CC(=O)Nc1ccc(NC(=O)[C@@H](C)OC(=O)COc2ccc(Nc3ccccc3)cc2)cc1. The number of para-hydroxylation sites is 1. The fourth-order valence-corrected chi connectivity index (χ4v) is 2.83. The molecule has 0 aliphatic heterocycles. The van der Waals surface area contributed by atoms with Crippen molar-refractivity contribution in [1.29, 1.82) is 0 Å². The second kappa shape index (κ2) is 11.3. The van der Waals surface area contributed by atoms with Crippen molar-refractivity contribution in [2.24, 2.45) is 0 Å². The fraction of sp³-hybridized carbons (Fsp3) is 0.160. The number of carbonyl (C=O) groups excluding carboxylic acids is 3. The Bertz CT molecular complexity index is 1080. The van der Waals surface area contributed by atoms with E-state index in [4.69, 9.17) is 9.47 Å². The van der Waals surface area contributed by atoms with Crippen LogP contribution in [0.5, 0.6) is 5.75 Å². The summed E-state index contributed by atoms with van der Waals surface area (Å²) in [4.78, 5) is 35.4. The first-order chi connectivity index (χ1) is 15.9. The zero-order valence-corrected chi connectivity index (χ0v) is 18.3. The molecule has 0 bridgehead atoms. The van der Waals surface area contributed by atoms with E-state index in [9.17, 15) is 14.4 Å². The molecule has 0 aromatic heterocycles. The van der Waals surface area contributed by atoms with Gasteiger partial charge in [-0.05, 0) is 67.6 Å². The van der Waals surface area contributed by atoms with Crippen LogP contribution in [-0.2, 0) is 19.1 Å². The molecule has 0 aliphatic rings. The van der Waals surface area contributed by atoms with Crippen molar-refractivity contribution >= 4 is 40.5 Å². The second-order valence-electron chi connectivity index (χ2n) is 7.18. The Hall–Kier alpha value is -4.33. The summed E-state index contributed by atoms with van der Waals surface area (Å²) in [5.74, 6) is -0.826. The Morgan fingerprint density at radius 2 is 1.30 bits per heavy atom. The molecule has 0 heterocycles. The lowest BCUT2D eigenvalue weighted by Gasteiger charge is -2.14. The van der Waals surface area contributed by atoms with Gasteiger partial charge in [0.1, 0.15) is 5.75 Å². The topological polar surface area (TPSA) is 106 Å². The molecule has 170 valence electrons. The largest absolute Gasteiger partial charge is 0.482 e. The number of carbonyl (C=O) groups is 3. The molecule has 0 spiro atoms. The zero-order chi connectivity index (χ0) is 23.6. The first kappa shape index (κ1) is 23.3. The smallest absolute Gasteiger partial charge is 0.344 e. The van der Waals surface area contributed by atoms with Crippen molar-refractivity contribution in [3.8, 4) is 5.75 Å². The van der Waals surface area contributed by atoms with E-state index in [-0.39, 0.29) is 12.5 Å². The summed E-state index contributed by atoms with van der Waals surface area (Å²) >= 11 is 0. The van der Waals surface area contributed by atoms with Gasteiger partial charge in [0.2, 0.25) is 5.91 Å². The average Bonchev–Trinajstić information content (AvgIpc) is 2.80. The molecule has 1 atom stereocenters. The quantitative estimate of drug-likeness (QED) is 0.422. The van der Waals surface area contributed by atoms with Gasteiger partial charge in [0.05, 0.1) is 0 Å². The predicted molar refractivity (Wildman–Crippen MR) is 127 cm³/mol. The van der Waals surface area contributed by atoms with Crippen molar-refractivity contribution < 1.29 is 23.9 Å². The minimum absolute atomic E-state index is 0.186. The van der Waals surface area contributed by atoms with Gasteiger partial charge >= 0.3 is 5.97 Å². The third-order valence-corrected chi connectivity index (χ3v) is 4.42. The number of hydrogen-bond acceptors (Lipinski definition) is 6. The summed E-state index contributed by atoms with van der Waals surface area (Å²) in [5, 5.41) is 8.54. The van der Waals surface area contributed by atoms with E-state index in [2.05, 4.69) is 16.0 Å². The van der Waals surface area contributed by atoms with Gasteiger partial charge in [0.25, 0.3) is 5.91 Å². The maximum atomic E-state index is 12.3. The first-order valence-corrected chi connectivity index (χ1v) is 10.3. The van der Waals surface area contributed by atoms with E-state index in [1.54, 1.807) is 36.4 Å². The molecule has 2 amide bonds. The highest BCUT2D eigenvalue weighted by Gasteiger charge is 2.18. The van der Waals surface area contributed by atoms with Gasteiger partial charge in [-0.2, -0.15) is 0 Å². The number of nitrogens with one attached hydrogen (secondary N) is 3. The van der Waals surface area contributed by atoms with Gasteiger partial charge < -0.3 is 25.4 Å². The van der Waals surface area contributed by atoms with Crippen molar-refractivity contribution in [2.75, 3.05) is 22.6 Å². The molecule has 0 saturated heterocycles. The van der Waals surface area contributed by atoms with Crippen LogP contribution in [0.3, 0.4) is 0 Å². The van der Waals surface area contributed by atoms with E-state index in [0.29, 0.717) is 17.1 Å². The third-order valence-electron chi connectivity index (χ3n) is 4.42. The zero-order valence-electron chi connectivity index (χ0n) is 18.3. The monoisotopic (exact) mass is 447 g/mol. The lowest BCUT2D eigenvalue weighted by molar-refractivity contribution is -0.155. The van der Waals surface area contributed by atoms with Gasteiger partial charge in [0.15, 0.2) is 12.7 Å². The minimum atomic E-state index is -1.01. The normalized spacial score (nSPS) is 11.1. The summed E-state index contributed by atoms with van der Waals surface area (Å²) in [7, 11) is 0. The van der Waals surface area contributed by atoms with E-state index >= 15 is 0 Å². The molecule has 0 radical (unpaired) electrons. The highest BCUT2D eigenvalue weighted by Crippen LogP contribution is 2.20. The van der Waals surface area contributed by atoms with Gasteiger partial charge in [-0.15, -0.1) is 0 Å². The van der Waals surface area contributed by atoms with Gasteiger partial charge in [-0.1, -0.05) is 18.2 Å². The van der Waals surface area contributed by atoms with E-state index in [1.165, 1.54) is 13.8 Å². The number of anilines is 4. The Labute approximate surface area is 191 Å². The first-order valence-electron chi connectivity index (χ1n) is 10.3. The van der Waals surface area contributed by atoms with Crippen LogP contribution in [0.2, 0.25) is 0 Å². The lowest BCUT2D eigenvalue weighted by Crippen LogP contribution is -2.31. The Morgan fingerprint density at radius 1 is 0.758 bits per heavy atom. The fourth-order valence-electron chi connectivity index (χ4n) is 2.83. The molecule has 0 saturated carbocycles. The number of esters is 1. The number of amides is 2. The highest BCUT2D eigenvalue weighted by atomic mass is 16.6. The van der Waals surface area contributed by atoms with Gasteiger partial charge in [-0.3, -0.25) is 9.59 Å². The Kier molecular flexibility index (Phi) is 8.02. The summed E-state index contributed by atoms with van der Waals surface area (Å²) in [5.41, 5.74) is 2.97. The molecule has 3 aromatic carbocycles. The van der Waals surface area contributed by atoms with E-state index in [1.807, 2.05) is 42.5 Å². The van der Waals surface area contributed by atoms with Crippen LogP contribution in [0.1, 0.15) is 13.8 Å². The average molecular weight is 447 g/mol. The van der Waals surface area contributed by atoms with Crippen molar-refractivity contribution in [3.63, 3.8) is 0 Å². The Balaban J connectivity index is 1.42. The molecule has 0 aliphatic carbocycles. The summed E-state index contributed by atoms with van der Waals surface area (Å²) < 4.78 is 10.6. The molecule has 3 rings (SSSR count). The lowest BCUT2D eigenvalue weighted by atomic mass is 10.2. The van der Waals surface area contributed by atoms with Crippen LogP contribution < -0.4 is 20.7 Å².